The molecule has 0 saturated heterocycles. The molecule has 5 nitrogen and oxygen atoms in total. The first-order valence-corrected chi connectivity index (χ1v) is 9.69. The molecule has 0 aliphatic heterocycles. The lowest BCUT2D eigenvalue weighted by Gasteiger charge is -2.13. The van der Waals surface area contributed by atoms with Crippen LogP contribution >= 0.6 is 0 Å². The number of hydrogen-bond donors (Lipinski definition) is 2. The van der Waals surface area contributed by atoms with E-state index in [-0.39, 0.29) is 0 Å². The molecule has 0 spiro atoms. The zero-order valence-corrected chi connectivity index (χ0v) is 16.8. The third-order valence-electron chi connectivity index (χ3n) is 4.34. The highest BCUT2D eigenvalue weighted by molar-refractivity contribution is 5.64. The molecule has 0 fully saturated rings. The molecule has 2 aromatic carbocycles. The van der Waals surface area contributed by atoms with Crippen molar-refractivity contribution < 1.29 is 4.74 Å². The molecule has 0 bridgehead atoms. The monoisotopic (exact) mass is 376 g/mol. The number of aromatic nitrogens is 2. The summed E-state index contributed by atoms with van der Waals surface area (Å²) in [7, 11) is 1.68. The SMILES string of the molecule is COc1ccc(CCNc2cc(-c3ccccc3)nc(NCC(C)C)n2)cc1. The van der Waals surface area contributed by atoms with Crippen LogP contribution in [-0.2, 0) is 6.42 Å². The topological polar surface area (TPSA) is 59.1 Å². The van der Waals surface area contributed by atoms with Crippen molar-refractivity contribution in [2.45, 2.75) is 20.3 Å². The summed E-state index contributed by atoms with van der Waals surface area (Å²) in [5.74, 6) is 2.88. The molecule has 146 valence electrons. The van der Waals surface area contributed by atoms with E-state index in [0.29, 0.717) is 11.9 Å². The highest BCUT2D eigenvalue weighted by atomic mass is 16.5. The summed E-state index contributed by atoms with van der Waals surface area (Å²) in [6.45, 7) is 5.97. The van der Waals surface area contributed by atoms with Crippen molar-refractivity contribution in [1.29, 1.82) is 0 Å². The summed E-state index contributed by atoms with van der Waals surface area (Å²) < 4.78 is 5.21. The quantitative estimate of drug-likeness (QED) is 0.558. The fourth-order valence-electron chi connectivity index (χ4n) is 2.80. The number of nitrogens with one attached hydrogen (secondary N) is 2. The van der Waals surface area contributed by atoms with E-state index < -0.39 is 0 Å². The van der Waals surface area contributed by atoms with Gasteiger partial charge in [-0.05, 0) is 30.0 Å². The lowest BCUT2D eigenvalue weighted by molar-refractivity contribution is 0.414. The van der Waals surface area contributed by atoms with E-state index in [1.807, 2.05) is 36.4 Å². The van der Waals surface area contributed by atoms with Crippen molar-refractivity contribution in [3.8, 4) is 17.0 Å². The molecule has 1 aromatic heterocycles. The Morgan fingerprint density at radius 1 is 0.929 bits per heavy atom. The van der Waals surface area contributed by atoms with Gasteiger partial charge in [0, 0.05) is 24.7 Å². The van der Waals surface area contributed by atoms with Crippen LogP contribution in [0, 0.1) is 5.92 Å². The molecule has 0 radical (unpaired) electrons. The van der Waals surface area contributed by atoms with E-state index in [9.17, 15) is 0 Å². The van der Waals surface area contributed by atoms with Crippen LogP contribution in [0.2, 0.25) is 0 Å². The number of ether oxygens (including phenoxy) is 1. The molecule has 3 rings (SSSR count). The number of anilines is 2. The fourth-order valence-corrected chi connectivity index (χ4v) is 2.80. The number of methoxy groups -OCH3 is 1. The van der Waals surface area contributed by atoms with Crippen LogP contribution in [0.5, 0.6) is 5.75 Å². The van der Waals surface area contributed by atoms with E-state index in [2.05, 4.69) is 58.7 Å². The molecule has 0 saturated carbocycles. The maximum Gasteiger partial charge on any atom is 0.225 e. The number of hydrogen-bond acceptors (Lipinski definition) is 5. The summed E-state index contributed by atoms with van der Waals surface area (Å²) in [5, 5.41) is 6.78. The average Bonchev–Trinajstić information content (AvgIpc) is 2.73. The second-order valence-electron chi connectivity index (χ2n) is 7.13. The lowest BCUT2D eigenvalue weighted by Crippen LogP contribution is -2.13. The van der Waals surface area contributed by atoms with Gasteiger partial charge >= 0.3 is 0 Å². The van der Waals surface area contributed by atoms with Crippen LogP contribution in [0.25, 0.3) is 11.3 Å². The Bertz CT molecular complexity index is 864. The van der Waals surface area contributed by atoms with Gasteiger partial charge in [0.1, 0.15) is 11.6 Å². The molecule has 28 heavy (non-hydrogen) atoms. The largest absolute Gasteiger partial charge is 0.497 e. The third-order valence-corrected chi connectivity index (χ3v) is 4.34. The first-order valence-electron chi connectivity index (χ1n) is 9.69. The maximum atomic E-state index is 5.21. The van der Waals surface area contributed by atoms with Gasteiger partial charge in [0.25, 0.3) is 0 Å². The second-order valence-corrected chi connectivity index (χ2v) is 7.13. The molecule has 0 atom stereocenters. The van der Waals surface area contributed by atoms with Crippen LogP contribution in [-0.4, -0.2) is 30.2 Å². The number of benzene rings is 2. The zero-order chi connectivity index (χ0) is 19.8. The molecule has 0 aliphatic carbocycles. The van der Waals surface area contributed by atoms with E-state index >= 15 is 0 Å². The van der Waals surface area contributed by atoms with Crippen molar-refractivity contribution >= 4 is 11.8 Å². The standard InChI is InChI=1S/C23H28N4O/c1-17(2)16-25-23-26-21(19-7-5-4-6-8-19)15-22(27-23)24-14-13-18-9-11-20(28-3)12-10-18/h4-12,15,17H,13-14,16H2,1-3H3,(H2,24,25,26,27). The van der Waals surface area contributed by atoms with E-state index in [0.717, 1.165) is 42.3 Å². The Labute approximate surface area is 167 Å². The maximum absolute atomic E-state index is 5.21. The minimum Gasteiger partial charge on any atom is -0.497 e. The van der Waals surface area contributed by atoms with Gasteiger partial charge in [0.15, 0.2) is 0 Å². The van der Waals surface area contributed by atoms with Gasteiger partial charge in [-0.15, -0.1) is 0 Å². The summed E-state index contributed by atoms with van der Waals surface area (Å²) in [4.78, 5) is 9.32. The molecule has 0 unspecified atom stereocenters. The van der Waals surface area contributed by atoms with Gasteiger partial charge in [0.05, 0.1) is 12.8 Å². The zero-order valence-electron chi connectivity index (χ0n) is 16.8. The lowest BCUT2D eigenvalue weighted by atomic mass is 10.1. The van der Waals surface area contributed by atoms with Crippen molar-refractivity contribution in [2.75, 3.05) is 30.8 Å². The fraction of sp³-hybridized carbons (Fsp3) is 0.304. The minimum absolute atomic E-state index is 0.524. The molecular formula is C23H28N4O. The first kappa shape index (κ1) is 19.7. The van der Waals surface area contributed by atoms with Crippen LogP contribution in [0.3, 0.4) is 0 Å². The molecule has 5 heteroatoms. The van der Waals surface area contributed by atoms with Crippen LogP contribution < -0.4 is 15.4 Å². The van der Waals surface area contributed by atoms with Crippen LogP contribution in [0.4, 0.5) is 11.8 Å². The molecule has 0 amide bonds. The van der Waals surface area contributed by atoms with Crippen LogP contribution in [0.15, 0.2) is 60.7 Å². The average molecular weight is 377 g/mol. The summed E-state index contributed by atoms with van der Waals surface area (Å²) in [6.07, 6.45) is 0.906. The summed E-state index contributed by atoms with van der Waals surface area (Å²) >= 11 is 0. The summed E-state index contributed by atoms with van der Waals surface area (Å²) in [5.41, 5.74) is 3.24. The van der Waals surface area contributed by atoms with Gasteiger partial charge in [-0.2, -0.15) is 4.98 Å². The van der Waals surface area contributed by atoms with Gasteiger partial charge in [0.2, 0.25) is 5.95 Å². The molecule has 1 heterocycles. The van der Waals surface area contributed by atoms with Crippen molar-refractivity contribution in [3.63, 3.8) is 0 Å². The Morgan fingerprint density at radius 3 is 2.36 bits per heavy atom. The number of nitrogens with zero attached hydrogens (tertiary/aromatic N) is 2. The number of rotatable bonds is 9. The highest BCUT2D eigenvalue weighted by Gasteiger charge is 2.07. The molecule has 0 aliphatic rings. The molecule has 2 N–H and O–H groups in total. The predicted molar refractivity (Wildman–Crippen MR) is 116 cm³/mol. The van der Waals surface area contributed by atoms with Gasteiger partial charge in [-0.25, -0.2) is 4.98 Å². The Morgan fingerprint density at radius 2 is 1.68 bits per heavy atom. The first-order chi connectivity index (χ1) is 13.6. The van der Waals surface area contributed by atoms with Gasteiger partial charge in [-0.1, -0.05) is 56.3 Å². The Hall–Kier alpha value is -3.08. The van der Waals surface area contributed by atoms with Crippen molar-refractivity contribution in [2.24, 2.45) is 5.92 Å². The molecular weight excluding hydrogens is 348 g/mol. The predicted octanol–water partition coefficient (Wildman–Crippen LogP) is 4.87. The smallest absolute Gasteiger partial charge is 0.225 e. The van der Waals surface area contributed by atoms with E-state index in [1.54, 1.807) is 7.11 Å². The molecule has 3 aromatic rings. The van der Waals surface area contributed by atoms with Gasteiger partial charge in [-0.3, -0.25) is 0 Å². The second kappa shape index (κ2) is 9.74. The third kappa shape index (κ3) is 5.71. The Kier molecular flexibility index (Phi) is 6.84. The van der Waals surface area contributed by atoms with E-state index in [4.69, 9.17) is 4.74 Å². The van der Waals surface area contributed by atoms with Gasteiger partial charge < -0.3 is 15.4 Å². The Balaban J connectivity index is 1.71. The normalized spacial score (nSPS) is 10.7. The van der Waals surface area contributed by atoms with E-state index in [1.165, 1.54) is 5.56 Å². The van der Waals surface area contributed by atoms with Crippen molar-refractivity contribution in [3.05, 3.63) is 66.2 Å². The van der Waals surface area contributed by atoms with Crippen molar-refractivity contribution in [1.82, 2.24) is 9.97 Å². The minimum atomic E-state index is 0.524. The van der Waals surface area contributed by atoms with Crippen LogP contribution in [0.1, 0.15) is 19.4 Å². The highest BCUT2D eigenvalue weighted by Crippen LogP contribution is 2.21. The summed E-state index contributed by atoms with van der Waals surface area (Å²) in [6, 6.07) is 20.3.